The molecule has 1 rings (SSSR count). The fourth-order valence-corrected chi connectivity index (χ4v) is 1.57. The number of aromatic nitrogens is 1. The molecule has 72 valence electrons. The molecule has 0 spiro atoms. The molecule has 4 nitrogen and oxygen atoms in total. The van der Waals surface area contributed by atoms with Gasteiger partial charge in [0.1, 0.15) is 4.88 Å². The first-order valence-corrected chi connectivity index (χ1v) is 4.94. The number of hydrogen-bond acceptors (Lipinski definition) is 4. The summed E-state index contributed by atoms with van der Waals surface area (Å²) in [4.78, 5) is 16.2. The molecule has 0 aliphatic carbocycles. The normalized spacial score (nSPS) is 12.5. The molecule has 0 saturated carbocycles. The second kappa shape index (κ2) is 4.34. The molecular formula is C8H13N3OS. The van der Waals surface area contributed by atoms with Gasteiger partial charge in [0.2, 0.25) is 0 Å². The third-order valence-corrected chi connectivity index (χ3v) is 2.61. The van der Waals surface area contributed by atoms with Crippen LogP contribution in [0.15, 0.2) is 5.51 Å². The highest BCUT2D eigenvalue weighted by atomic mass is 32.1. The van der Waals surface area contributed by atoms with Crippen LogP contribution >= 0.6 is 11.3 Å². The van der Waals surface area contributed by atoms with Gasteiger partial charge in [0.25, 0.3) is 5.91 Å². The average Bonchev–Trinajstić information content (AvgIpc) is 2.51. The highest BCUT2D eigenvalue weighted by Crippen LogP contribution is 2.11. The fraction of sp³-hybridized carbons (Fsp3) is 0.500. The lowest BCUT2D eigenvalue weighted by atomic mass is 10.3. The first kappa shape index (κ1) is 10.1. The minimum absolute atomic E-state index is 0.00833. The molecule has 0 aromatic carbocycles. The average molecular weight is 199 g/mol. The van der Waals surface area contributed by atoms with Crippen LogP contribution in [0.1, 0.15) is 22.3 Å². The van der Waals surface area contributed by atoms with Crippen molar-refractivity contribution in [3.8, 4) is 0 Å². The van der Waals surface area contributed by atoms with Gasteiger partial charge in [-0.1, -0.05) is 0 Å². The minimum atomic E-state index is -0.0852. The van der Waals surface area contributed by atoms with E-state index in [-0.39, 0.29) is 11.9 Å². The fourth-order valence-electron chi connectivity index (χ4n) is 0.868. The highest BCUT2D eigenvalue weighted by molar-refractivity contribution is 7.11. The predicted octanol–water partition coefficient (Wildman–Crippen LogP) is 0.529. The maximum Gasteiger partial charge on any atom is 0.263 e. The molecule has 0 fully saturated rings. The summed E-state index contributed by atoms with van der Waals surface area (Å²) in [5.74, 6) is -0.0852. The van der Waals surface area contributed by atoms with E-state index in [4.69, 9.17) is 5.73 Å². The van der Waals surface area contributed by atoms with Gasteiger partial charge in [-0.15, -0.1) is 11.3 Å². The zero-order valence-corrected chi connectivity index (χ0v) is 8.52. The highest BCUT2D eigenvalue weighted by Gasteiger charge is 2.12. The summed E-state index contributed by atoms with van der Waals surface area (Å²) >= 11 is 1.35. The van der Waals surface area contributed by atoms with Gasteiger partial charge in [-0.3, -0.25) is 4.79 Å². The van der Waals surface area contributed by atoms with Crippen LogP contribution in [-0.2, 0) is 0 Å². The number of aryl methyl sites for hydroxylation is 1. The third kappa shape index (κ3) is 2.50. The molecule has 0 radical (unpaired) electrons. The Morgan fingerprint density at radius 1 is 1.85 bits per heavy atom. The Labute approximate surface area is 81.2 Å². The van der Waals surface area contributed by atoms with E-state index in [1.807, 2.05) is 13.8 Å². The monoisotopic (exact) mass is 199 g/mol. The Hall–Kier alpha value is -0.940. The maximum atomic E-state index is 11.5. The van der Waals surface area contributed by atoms with E-state index < -0.39 is 0 Å². The van der Waals surface area contributed by atoms with Crippen LogP contribution in [0, 0.1) is 6.92 Å². The van der Waals surface area contributed by atoms with Crippen molar-refractivity contribution in [3.63, 3.8) is 0 Å². The quantitative estimate of drug-likeness (QED) is 0.746. The number of hydrogen-bond donors (Lipinski definition) is 2. The number of nitrogens with zero attached hydrogens (tertiary/aromatic N) is 1. The van der Waals surface area contributed by atoms with Crippen LogP contribution in [0.2, 0.25) is 0 Å². The van der Waals surface area contributed by atoms with Gasteiger partial charge in [-0.2, -0.15) is 0 Å². The zero-order chi connectivity index (χ0) is 9.84. The van der Waals surface area contributed by atoms with Gasteiger partial charge in [0.05, 0.1) is 11.2 Å². The van der Waals surface area contributed by atoms with Crippen molar-refractivity contribution in [3.05, 3.63) is 16.1 Å². The van der Waals surface area contributed by atoms with Crippen LogP contribution in [0.25, 0.3) is 0 Å². The van der Waals surface area contributed by atoms with Crippen LogP contribution in [0.3, 0.4) is 0 Å². The Morgan fingerprint density at radius 3 is 3.00 bits per heavy atom. The van der Waals surface area contributed by atoms with E-state index in [9.17, 15) is 4.79 Å². The van der Waals surface area contributed by atoms with E-state index in [1.54, 1.807) is 5.51 Å². The van der Waals surface area contributed by atoms with Crippen molar-refractivity contribution in [2.24, 2.45) is 5.73 Å². The van der Waals surface area contributed by atoms with Crippen LogP contribution in [0.4, 0.5) is 0 Å². The van der Waals surface area contributed by atoms with Crippen LogP contribution in [-0.4, -0.2) is 23.5 Å². The maximum absolute atomic E-state index is 11.5. The topological polar surface area (TPSA) is 68.0 Å². The second-order valence-electron chi connectivity index (χ2n) is 2.88. The first-order valence-electron chi connectivity index (χ1n) is 4.06. The van der Waals surface area contributed by atoms with Gasteiger partial charge >= 0.3 is 0 Å². The van der Waals surface area contributed by atoms with E-state index in [2.05, 4.69) is 10.3 Å². The molecule has 1 heterocycles. The number of carbonyl (C=O) groups is 1. The summed E-state index contributed by atoms with van der Waals surface area (Å²) in [5, 5.41) is 2.78. The van der Waals surface area contributed by atoms with Gasteiger partial charge in [-0.25, -0.2) is 4.98 Å². The molecule has 0 saturated heterocycles. The Morgan fingerprint density at radius 2 is 2.54 bits per heavy atom. The van der Waals surface area contributed by atoms with Crippen molar-refractivity contribution in [2.45, 2.75) is 19.9 Å². The molecule has 1 aromatic rings. The molecule has 5 heteroatoms. The number of thiazole rings is 1. The van der Waals surface area contributed by atoms with Crippen molar-refractivity contribution in [1.82, 2.24) is 10.3 Å². The van der Waals surface area contributed by atoms with Crippen LogP contribution < -0.4 is 11.1 Å². The number of nitrogens with one attached hydrogen (secondary N) is 1. The molecule has 3 N–H and O–H groups in total. The summed E-state index contributed by atoms with van der Waals surface area (Å²) in [7, 11) is 0. The van der Waals surface area contributed by atoms with Crippen molar-refractivity contribution < 1.29 is 4.79 Å². The van der Waals surface area contributed by atoms with Crippen molar-refractivity contribution >= 4 is 17.2 Å². The minimum Gasteiger partial charge on any atom is -0.348 e. The summed E-state index contributed by atoms with van der Waals surface area (Å²) in [5.41, 5.74) is 7.82. The molecule has 1 atom stereocenters. The number of amides is 1. The van der Waals surface area contributed by atoms with Gasteiger partial charge < -0.3 is 11.1 Å². The van der Waals surface area contributed by atoms with Crippen molar-refractivity contribution in [2.75, 3.05) is 6.54 Å². The van der Waals surface area contributed by atoms with E-state index in [1.165, 1.54) is 11.3 Å². The van der Waals surface area contributed by atoms with E-state index in [0.717, 1.165) is 5.69 Å². The molecule has 1 aromatic heterocycles. The van der Waals surface area contributed by atoms with Crippen LogP contribution in [0.5, 0.6) is 0 Å². The summed E-state index contributed by atoms with van der Waals surface area (Å²) < 4.78 is 0. The molecule has 0 bridgehead atoms. The van der Waals surface area contributed by atoms with Gasteiger partial charge in [0.15, 0.2) is 0 Å². The van der Waals surface area contributed by atoms with E-state index in [0.29, 0.717) is 11.4 Å². The number of rotatable bonds is 3. The zero-order valence-electron chi connectivity index (χ0n) is 7.70. The lowest BCUT2D eigenvalue weighted by molar-refractivity contribution is 0.0944. The summed E-state index contributed by atoms with van der Waals surface area (Å²) in [6, 6.07) is 0.00833. The Balaban J connectivity index is 2.64. The first-order chi connectivity index (χ1) is 6.15. The molecule has 1 unspecified atom stereocenters. The molecule has 0 aliphatic heterocycles. The lowest BCUT2D eigenvalue weighted by Crippen LogP contribution is -2.37. The lowest BCUT2D eigenvalue weighted by Gasteiger charge is -2.09. The Kier molecular flexibility index (Phi) is 3.39. The van der Waals surface area contributed by atoms with E-state index >= 15 is 0 Å². The predicted molar refractivity (Wildman–Crippen MR) is 52.8 cm³/mol. The van der Waals surface area contributed by atoms with Gasteiger partial charge in [0, 0.05) is 12.6 Å². The standard InChI is InChI=1S/C8H13N3OS/c1-5(3-9)11-8(12)7-6(2)10-4-13-7/h4-5H,3,9H2,1-2H3,(H,11,12). The smallest absolute Gasteiger partial charge is 0.263 e. The number of nitrogens with two attached hydrogens (primary N) is 1. The largest absolute Gasteiger partial charge is 0.348 e. The molecular weight excluding hydrogens is 186 g/mol. The second-order valence-corrected chi connectivity index (χ2v) is 3.73. The summed E-state index contributed by atoms with van der Waals surface area (Å²) in [6.07, 6.45) is 0. The molecule has 0 aliphatic rings. The Bertz CT molecular complexity index is 297. The van der Waals surface area contributed by atoms with Crippen molar-refractivity contribution in [1.29, 1.82) is 0 Å². The molecule has 13 heavy (non-hydrogen) atoms. The summed E-state index contributed by atoms with van der Waals surface area (Å²) in [6.45, 7) is 4.14. The molecule has 1 amide bonds. The SMILES string of the molecule is Cc1ncsc1C(=O)NC(C)CN. The third-order valence-electron chi connectivity index (χ3n) is 1.68. The number of carbonyl (C=O) groups excluding carboxylic acids is 1. The van der Waals surface area contributed by atoms with Gasteiger partial charge in [-0.05, 0) is 13.8 Å².